The molecule has 2 atom stereocenters. The zero-order valence-corrected chi connectivity index (χ0v) is 28.1. The van der Waals surface area contributed by atoms with Gasteiger partial charge in [-0.3, -0.25) is 9.59 Å². The Labute approximate surface area is 275 Å². The van der Waals surface area contributed by atoms with Crippen molar-refractivity contribution < 1.29 is 47.6 Å². The maximum Gasteiger partial charge on any atom is 0.511 e. The molecule has 1 saturated heterocycles. The zero-order chi connectivity index (χ0) is 34.7. The number of pyridine rings is 1. The number of methoxy groups -OCH3 is 1. The summed E-state index contributed by atoms with van der Waals surface area (Å²) in [6.45, 7) is 15.3. The topological polar surface area (TPSA) is 161 Å². The van der Waals surface area contributed by atoms with Crippen LogP contribution in [-0.2, 0) is 23.7 Å². The van der Waals surface area contributed by atoms with Gasteiger partial charge in [-0.15, -0.1) is 0 Å². The molecule has 2 N–H and O–H groups in total. The van der Waals surface area contributed by atoms with E-state index in [-0.39, 0.29) is 35.7 Å². The molecule has 47 heavy (non-hydrogen) atoms. The SMILES string of the molecule is C=Cc1cc(C(=O)NCC)c(-c2ccc(C(=O)NCC3CC3)nc2C(=O)OC(C)OC(=O)OCC2COC(C)(C)O2)cc1OC.CC. The molecule has 13 heteroatoms. The third-order valence-electron chi connectivity index (χ3n) is 7.02. The van der Waals surface area contributed by atoms with Crippen LogP contribution in [0.1, 0.15) is 91.3 Å². The summed E-state index contributed by atoms with van der Waals surface area (Å²) in [5.74, 6) is -1.88. The van der Waals surface area contributed by atoms with Crippen molar-refractivity contribution in [3.8, 4) is 16.9 Å². The average molecular weight is 656 g/mol. The number of benzene rings is 1. The number of hydrogen-bond acceptors (Lipinski definition) is 11. The van der Waals surface area contributed by atoms with Crippen molar-refractivity contribution in [2.75, 3.05) is 33.4 Å². The van der Waals surface area contributed by atoms with E-state index in [4.69, 9.17) is 28.4 Å². The molecular weight excluding hydrogens is 610 g/mol. The van der Waals surface area contributed by atoms with Crippen LogP contribution in [0.2, 0.25) is 0 Å². The Balaban J connectivity index is 0.00000294. The van der Waals surface area contributed by atoms with E-state index in [2.05, 4.69) is 22.2 Å². The Morgan fingerprint density at radius 3 is 2.40 bits per heavy atom. The number of esters is 1. The van der Waals surface area contributed by atoms with Crippen LogP contribution in [0.3, 0.4) is 0 Å². The highest BCUT2D eigenvalue weighted by molar-refractivity contribution is 6.06. The highest BCUT2D eigenvalue weighted by Gasteiger charge is 2.34. The molecule has 2 fully saturated rings. The fourth-order valence-electron chi connectivity index (χ4n) is 4.61. The third-order valence-corrected chi connectivity index (χ3v) is 7.02. The Bertz CT molecular complexity index is 1450. The Morgan fingerprint density at radius 1 is 1.09 bits per heavy atom. The number of aromatic nitrogens is 1. The summed E-state index contributed by atoms with van der Waals surface area (Å²) in [4.78, 5) is 56.3. The van der Waals surface area contributed by atoms with Crippen molar-refractivity contribution >= 4 is 30.0 Å². The van der Waals surface area contributed by atoms with E-state index in [1.165, 1.54) is 32.2 Å². The normalized spacial score (nSPS) is 16.9. The molecule has 13 nitrogen and oxygen atoms in total. The number of carbonyl (C=O) groups excluding carboxylic acids is 4. The molecule has 2 unspecified atom stereocenters. The highest BCUT2D eigenvalue weighted by Crippen LogP contribution is 2.34. The van der Waals surface area contributed by atoms with Crippen LogP contribution >= 0.6 is 0 Å². The minimum Gasteiger partial charge on any atom is -0.496 e. The fraction of sp³-hybridized carbons (Fsp3) is 0.500. The molecule has 0 radical (unpaired) electrons. The zero-order valence-electron chi connectivity index (χ0n) is 28.1. The van der Waals surface area contributed by atoms with Gasteiger partial charge in [0.2, 0.25) is 6.29 Å². The van der Waals surface area contributed by atoms with Crippen LogP contribution < -0.4 is 15.4 Å². The summed E-state index contributed by atoms with van der Waals surface area (Å²) in [5, 5.41) is 5.58. The first-order chi connectivity index (χ1) is 22.4. The summed E-state index contributed by atoms with van der Waals surface area (Å²) in [7, 11) is 1.46. The van der Waals surface area contributed by atoms with E-state index in [0.29, 0.717) is 35.9 Å². The van der Waals surface area contributed by atoms with Gasteiger partial charge in [-0.25, -0.2) is 14.6 Å². The second-order valence-corrected chi connectivity index (χ2v) is 11.1. The van der Waals surface area contributed by atoms with Gasteiger partial charge in [0, 0.05) is 42.3 Å². The molecule has 2 heterocycles. The van der Waals surface area contributed by atoms with E-state index in [1.807, 2.05) is 13.8 Å². The maximum absolute atomic E-state index is 13.6. The molecule has 0 spiro atoms. The summed E-state index contributed by atoms with van der Waals surface area (Å²) < 4.78 is 32.1. The number of hydrogen-bond donors (Lipinski definition) is 2. The van der Waals surface area contributed by atoms with Crippen LogP contribution in [0, 0.1) is 5.92 Å². The van der Waals surface area contributed by atoms with Crippen LogP contribution in [0.4, 0.5) is 4.79 Å². The summed E-state index contributed by atoms with van der Waals surface area (Å²) in [6.07, 6.45) is 0.647. The van der Waals surface area contributed by atoms with Crippen molar-refractivity contribution in [3.05, 3.63) is 53.4 Å². The third kappa shape index (κ3) is 10.2. The number of carbonyl (C=O) groups is 4. The fourth-order valence-corrected chi connectivity index (χ4v) is 4.61. The summed E-state index contributed by atoms with van der Waals surface area (Å²) in [6, 6.07) is 6.12. The lowest BCUT2D eigenvalue weighted by atomic mass is 9.94. The molecular formula is C34H45N3O10. The molecule has 1 aliphatic heterocycles. The van der Waals surface area contributed by atoms with Gasteiger partial charge in [-0.1, -0.05) is 26.5 Å². The molecule has 256 valence electrons. The standard InChI is InChI=1S/C32H39N3O10.C2H6/c1-7-20-13-24(28(36)33-8-2)23(14-26(20)40-6)22-11-12-25(29(37)34-15-19-9-10-19)35-27(22)30(38)43-18(3)44-31(39)41-16-21-17-42-32(4,5)45-21;1-2/h7,11-14,18-19,21H,1,8-10,15-17H2,2-6H3,(H,33,36)(H,34,37);1-2H3. The molecule has 4 rings (SSSR count). The number of nitrogens with zero attached hydrogens (tertiary/aromatic N) is 1. The molecule has 2 aliphatic rings. The van der Waals surface area contributed by atoms with E-state index in [9.17, 15) is 19.2 Å². The van der Waals surface area contributed by atoms with E-state index < -0.39 is 42.1 Å². The lowest BCUT2D eigenvalue weighted by molar-refractivity contribution is -0.145. The number of nitrogens with one attached hydrogen (secondary N) is 2. The van der Waals surface area contributed by atoms with Gasteiger partial charge in [0.25, 0.3) is 11.8 Å². The second-order valence-electron chi connectivity index (χ2n) is 11.1. The maximum atomic E-state index is 13.6. The van der Waals surface area contributed by atoms with Crippen LogP contribution in [0.25, 0.3) is 17.2 Å². The predicted octanol–water partition coefficient (Wildman–Crippen LogP) is 5.12. The van der Waals surface area contributed by atoms with Crippen molar-refractivity contribution in [1.29, 1.82) is 0 Å². The number of amides is 2. The van der Waals surface area contributed by atoms with Crippen LogP contribution in [0.15, 0.2) is 30.8 Å². The smallest absolute Gasteiger partial charge is 0.496 e. The number of rotatable bonds is 13. The van der Waals surface area contributed by atoms with Gasteiger partial charge < -0.3 is 39.1 Å². The second kappa shape index (κ2) is 16.9. The summed E-state index contributed by atoms with van der Waals surface area (Å²) in [5.41, 5.74) is 0.927. The van der Waals surface area contributed by atoms with Crippen molar-refractivity contribution in [2.24, 2.45) is 5.92 Å². The van der Waals surface area contributed by atoms with Crippen molar-refractivity contribution in [1.82, 2.24) is 15.6 Å². The van der Waals surface area contributed by atoms with Gasteiger partial charge in [-0.2, -0.15) is 0 Å². The molecule has 0 bridgehead atoms. The van der Waals surface area contributed by atoms with Gasteiger partial charge in [0.05, 0.1) is 13.7 Å². The minimum atomic E-state index is -1.40. The first-order valence-electron chi connectivity index (χ1n) is 15.7. The molecule has 1 saturated carbocycles. The lowest BCUT2D eigenvalue weighted by Gasteiger charge is -2.19. The minimum absolute atomic E-state index is 0.0322. The van der Waals surface area contributed by atoms with Crippen molar-refractivity contribution in [3.63, 3.8) is 0 Å². The number of ether oxygens (including phenoxy) is 6. The summed E-state index contributed by atoms with van der Waals surface area (Å²) >= 11 is 0. The molecule has 2 amide bonds. The average Bonchev–Trinajstić information content (AvgIpc) is 3.83. The van der Waals surface area contributed by atoms with Gasteiger partial charge in [0.15, 0.2) is 11.5 Å². The molecule has 1 aliphatic carbocycles. The molecule has 1 aromatic carbocycles. The molecule has 2 aromatic rings. The van der Waals surface area contributed by atoms with Gasteiger partial charge >= 0.3 is 12.1 Å². The van der Waals surface area contributed by atoms with E-state index in [0.717, 1.165) is 12.8 Å². The molecule has 1 aromatic heterocycles. The van der Waals surface area contributed by atoms with Crippen LogP contribution in [-0.4, -0.2) is 80.5 Å². The first kappa shape index (κ1) is 37.0. The van der Waals surface area contributed by atoms with Crippen molar-refractivity contribution in [2.45, 2.75) is 72.6 Å². The highest BCUT2D eigenvalue weighted by atomic mass is 16.8. The van der Waals surface area contributed by atoms with Gasteiger partial charge in [0.1, 0.15) is 24.2 Å². The van der Waals surface area contributed by atoms with Gasteiger partial charge in [-0.05, 0) is 63.8 Å². The largest absolute Gasteiger partial charge is 0.511 e. The Kier molecular flexibility index (Phi) is 13.3. The monoisotopic (exact) mass is 655 g/mol. The quantitative estimate of drug-likeness (QED) is 0.218. The van der Waals surface area contributed by atoms with E-state index in [1.54, 1.807) is 32.9 Å². The van der Waals surface area contributed by atoms with Crippen LogP contribution in [0.5, 0.6) is 5.75 Å². The first-order valence-corrected chi connectivity index (χ1v) is 15.7. The van der Waals surface area contributed by atoms with E-state index >= 15 is 0 Å². The Morgan fingerprint density at radius 2 is 1.81 bits per heavy atom. The Hall–Kier alpha value is -4.49. The predicted molar refractivity (Wildman–Crippen MR) is 173 cm³/mol. The lowest BCUT2D eigenvalue weighted by Crippen LogP contribution is -2.29.